The Balaban J connectivity index is 4.10. The van der Waals surface area contributed by atoms with Crippen LogP contribution < -0.4 is 16.8 Å². The first-order valence-corrected chi connectivity index (χ1v) is 7.40. The van der Waals surface area contributed by atoms with Crippen LogP contribution in [0.5, 0.6) is 0 Å². The Labute approximate surface area is 112 Å². The molecule has 0 aromatic rings. The molecule has 0 aliphatic heterocycles. The largest absolute Gasteiger partial charge is 0.480 e. The summed E-state index contributed by atoms with van der Waals surface area (Å²) in [6.07, 6.45) is 4.40. The van der Waals surface area contributed by atoms with Crippen molar-refractivity contribution in [2.24, 2.45) is 11.5 Å². The fraction of sp³-hybridized carbons (Fsp3) is 0.818. The fourth-order valence-electron chi connectivity index (χ4n) is 1.41. The van der Waals surface area contributed by atoms with Gasteiger partial charge in [-0.1, -0.05) is 6.42 Å². The first kappa shape index (κ1) is 17.2. The van der Waals surface area contributed by atoms with Crippen molar-refractivity contribution < 1.29 is 14.7 Å². The van der Waals surface area contributed by atoms with Crippen LogP contribution in [0.1, 0.15) is 25.7 Å². The summed E-state index contributed by atoms with van der Waals surface area (Å²) >= 11 is 1.54. The van der Waals surface area contributed by atoms with Gasteiger partial charge in [-0.15, -0.1) is 0 Å². The number of rotatable bonds is 10. The van der Waals surface area contributed by atoms with Gasteiger partial charge >= 0.3 is 5.97 Å². The molecular formula is C11H23N3O3S. The number of aliphatic carboxylic acids is 1. The number of nitrogens with two attached hydrogens (primary N) is 2. The minimum absolute atomic E-state index is 0.401. The Morgan fingerprint density at radius 1 is 1.33 bits per heavy atom. The second-order valence-electron chi connectivity index (χ2n) is 4.07. The molecular weight excluding hydrogens is 254 g/mol. The summed E-state index contributed by atoms with van der Waals surface area (Å²) in [5, 5.41) is 11.4. The third-order valence-electron chi connectivity index (χ3n) is 2.53. The minimum Gasteiger partial charge on any atom is -0.480 e. The lowest BCUT2D eigenvalue weighted by Crippen LogP contribution is -2.48. The highest BCUT2D eigenvalue weighted by atomic mass is 32.2. The number of hydrogen-bond acceptors (Lipinski definition) is 5. The maximum absolute atomic E-state index is 11.7. The van der Waals surface area contributed by atoms with Gasteiger partial charge in [0.25, 0.3) is 0 Å². The predicted molar refractivity (Wildman–Crippen MR) is 73.4 cm³/mol. The lowest BCUT2D eigenvalue weighted by molar-refractivity contribution is -0.142. The number of thioether (sulfide) groups is 1. The molecule has 2 atom stereocenters. The molecule has 0 aliphatic carbocycles. The maximum Gasteiger partial charge on any atom is 0.326 e. The second kappa shape index (κ2) is 10.2. The Morgan fingerprint density at radius 2 is 2.00 bits per heavy atom. The minimum atomic E-state index is -1.02. The lowest BCUT2D eigenvalue weighted by atomic mass is 10.1. The van der Waals surface area contributed by atoms with Crippen LogP contribution >= 0.6 is 11.8 Å². The number of carboxylic acid groups (broad SMARTS) is 1. The van der Waals surface area contributed by atoms with Crippen molar-refractivity contribution in [1.82, 2.24) is 5.32 Å². The third kappa shape index (κ3) is 7.52. The van der Waals surface area contributed by atoms with Crippen LogP contribution in [0.2, 0.25) is 0 Å². The van der Waals surface area contributed by atoms with Crippen molar-refractivity contribution in [1.29, 1.82) is 0 Å². The molecule has 18 heavy (non-hydrogen) atoms. The van der Waals surface area contributed by atoms with Gasteiger partial charge in [0.2, 0.25) is 5.91 Å². The van der Waals surface area contributed by atoms with Crippen LogP contribution in [0.25, 0.3) is 0 Å². The molecule has 0 heterocycles. The van der Waals surface area contributed by atoms with E-state index in [2.05, 4.69) is 5.32 Å². The smallest absolute Gasteiger partial charge is 0.326 e. The number of carbonyl (C=O) groups excluding carboxylic acids is 1. The standard InChI is InChI=1S/C11H23N3O3S/c1-18-7-5-9(11(16)17)14-10(15)8(13)4-2-3-6-12/h8-9H,2-7,12-13H2,1H3,(H,14,15)(H,16,17)/t8-,9+/m1/s1. The van der Waals surface area contributed by atoms with Crippen molar-refractivity contribution >= 4 is 23.6 Å². The zero-order chi connectivity index (χ0) is 14.0. The quantitative estimate of drug-likeness (QED) is 0.409. The van der Waals surface area contributed by atoms with Gasteiger partial charge in [-0.2, -0.15) is 11.8 Å². The predicted octanol–water partition coefficient (Wildman–Crippen LogP) is -0.235. The van der Waals surface area contributed by atoms with E-state index in [1.807, 2.05) is 6.26 Å². The van der Waals surface area contributed by atoms with Crippen LogP contribution in [-0.2, 0) is 9.59 Å². The Bertz CT molecular complexity index is 264. The lowest BCUT2D eigenvalue weighted by Gasteiger charge is -2.17. The molecule has 0 rings (SSSR count). The zero-order valence-corrected chi connectivity index (χ0v) is 11.5. The summed E-state index contributed by atoms with van der Waals surface area (Å²) < 4.78 is 0. The molecule has 6 nitrogen and oxygen atoms in total. The molecule has 106 valence electrons. The summed E-state index contributed by atoms with van der Waals surface area (Å²) in [5.74, 6) is -0.744. The number of carbonyl (C=O) groups is 2. The fourth-order valence-corrected chi connectivity index (χ4v) is 1.88. The molecule has 7 heteroatoms. The van der Waals surface area contributed by atoms with Gasteiger partial charge in [-0.25, -0.2) is 4.79 Å². The van der Waals surface area contributed by atoms with Crippen LogP contribution in [0.15, 0.2) is 0 Å². The summed E-state index contributed by atoms with van der Waals surface area (Å²) in [6.45, 7) is 0.569. The van der Waals surface area contributed by atoms with Crippen LogP contribution in [0, 0.1) is 0 Å². The van der Waals surface area contributed by atoms with Crippen LogP contribution in [0.4, 0.5) is 0 Å². The molecule has 0 aromatic heterocycles. The number of unbranched alkanes of at least 4 members (excludes halogenated alkanes) is 1. The molecule has 0 radical (unpaired) electrons. The zero-order valence-electron chi connectivity index (χ0n) is 10.7. The number of amides is 1. The number of carboxylic acids is 1. The van der Waals surface area contributed by atoms with Gasteiger partial charge in [-0.05, 0) is 37.8 Å². The van der Waals surface area contributed by atoms with E-state index in [1.165, 1.54) is 11.8 Å². The monoisotopic (exact) mass is 277 g/mol. The van der Waals surface area contributed by atoms with Crippen molar-refractivity contribution in [3.05, 3.63) is 0 Å². The topological polar surface area (TPSA) is 118 Å². The van der Waals surface area contributed by atoms with Crippen molar-refractivity contribution in [3.8, 4) is 0 Å². The molecule has 6 N–H and O–H groups in total. The molecule has 0 spiro atoms. The third-order valence-corrected chi connectivity index (χ3v) is 3.18. The van der Waals surface area contributed by atoms with Gasteiger partial charge in [-0.3, -0.25) is 4.79 Å². The Hall–Kier alpha value is -0.790. The van der Waals surface area contributed by atoms with Gasteiger partial charge in [0.1, 0.15) is 6.04 Å². The van der Waals surface area contributed by atoms with E-state index >= 15 is 0 Å². The van der Waals surface area contributed by atoms with E-state index in [9.17, 15) is 9.59 Å². The normalized spacial score (nSPS) is 13.9. The highest BCUT2D eigenvalue weighted by molar-refractivity contribution is 7.98. The molecule has 0 aliphatic rings. The Kier molecular flexibility index (Phi) is 9.72. The number of nitrogens with one attached hydrogen (secondary N) is 1. The van der Waals surface area contributed by atoms with Gasteiger partial charge in [0.05, 0.1) is 6.04 Å². The molecule has 0 saturated heterocycles. The van der Waals surface area contributed by atoms with Crippen molar-refractivity contribution in [3.63, 3.8) is 0 Å². The van der Waals surface area contributed by atoms with E-state index in [-0.39, 0.29) is 0 Å². The van der Waals surface area contributed by atoms with E-state index < -0.39 is 24.0 Å². The van der Waals surface area contributed by atoms with E-state index in [0.717, 1.165) is 12.8 Å². The summed E-state index contributed by atoms with van der Waals surface area (Å²) in [6, 6.07) is -1.52. The summed E-state index contributed by atoms with van der Waals surface area (Å²) in [4.78, 5) is 22.6. The van der Waals surface area contributed by atoms with Gasteiger partial charge < -0.3 is 21.9 Å². The van der Waals surface area contributed by atoms with Crippen molar-refractivity contribution in [2.75, 3.05) is 18.6 Å². The molecule has 0 saturated carbocycles. The maximum atomic E-state index is 11.7. The first-order valence-electron chi connectivity index (χ1n) is 6.00. The second-order valence-corrected chi connectivity index (χ2v) is 5.06. The van der Waals surface area contributed by atoms with Gasteiger partial charge in [0, 0.05) is 0 Å². The molecule has 1 amide bonds. The average molecular weight is 277 g/mol. The van der Waals surface area contributed by atoms with E-state index in [0.29, 0.717) is 25.1 Å². The Morgan fingerprint density at radius 3 is 2.50 bits per heavy atom. The number of hydrogen-bond donors (Lipinski definition) is 4. The van der Waals surface area contributed by atoms with Crippen LogP contribution in [-0.4, -0.2) is 47.6 Å². The first-order chi connectivity index (χ1) is 8.52. The molecule has 0 fully saturated rings. The average Bonchev–Trinajstić information content (AvgIpc) is 2.33. The molecule has 0 unspecified atom stereocenters. The van der Waals surface area contributed by atoms with E-state index in [4.69, 9.17) is 16.6 Å². The van der Waals surface area contributed by atoms with Crippen molar-refractivity contribution in [2.45, 2.75) is 37.8 Å². The highest BCUT2D eigenvalue weighted by Crippen LogP contribution is 2.03. The summed E-state index contributed by atoms with van der Waals surface area (Å²) in [7, 11) is 0. The molecule has 0 bridgehead atoms. The molecule has 0 aromatic carbocycles. The summed E-state index contributed by atoms with van der Waals surface area (Å²) in [5.41, 5.74) is 11.0. The van der Waals surface area contributed by atoms with Crippen LogP contribution in [0.3, 0.4) is 0 Å². The van der Waals surface area contributed by atoms with E-state index in [1.54, 1.807) is 0 Å². The van der Waals surface area contributed by atoms with Gasteiger partial charge in [0.15, 0.2) is 0 Å². The SMILES string of the molecule is CSCC[C@H](NC(=O)[C@H](N)CCCCN)C(=O)O. The highest BCUT2D eigenvalue weighted by Gasteiger charge is 2.22.